The van der Waals surface area contributed by atoms with E-state index >= 15 is 0 Å². The molecule has 4 rings (SSSR count). The van der Waals surface area contributed by atoms with Crippen molar-refractivity contribution >= 4 is 23.6 Å². The summed E-state index contributed by atoms with van der Waals surface area (Å²) in [6.07, 6.45) is 5.90. The van der Waals surface area contributed by atoms with Gasteiger partial charge in [0.1, 0.15) is 11.9 Å². The van der Waals surface area contributed by atoms with Crippen LogP contribution in [0.4, 0.5) is 4.39 Å². The summed E-state index contributed by atoms with van der Waals surface area (Å²) < 4.78 is 13.3. The molecule has 0 bridgehead atoms. The Labute approximate surface area is 230 Å². The molecule has 1 aliphatic carbocycles. The standard InChI is InChI=1S/C32H37FN2O2S/c1-24-10-8-9-13-27(24)21-35(31(36)23-38-22-26-16-18-28(33)19-17-26)30(20-25-11-4-2-5-12-25)32(37)34-29-14-6-3-7-15-29/h2,4-5,8-13,16-19,29-30H,3,6-7,14-15,20-23H2,1H3,(H,34,37). The zero-order chi connectivity index (χ0) is 26.7. The number of aryl methyl sites for hydroxylation is 1. The third kappa shape index (κ3) is 8.19. The minimum Gasteiger partial charge on any atom is -0.352 e. The number of nitrogens with zero attached hydrogens (tertiary/aromatic N) is 1. The summed E-state index contributed by atoms with van der Waals surface area (Å²) in [6.45, 7) is 2.41. The van der Waals surface area contributed by atoms with E-state index in [-0.39, 0.29) is 29.4 Å². The first-order valence-electron chi connectivity index (χ1n) is 13.5. The minimum absolute atomic E-state index is 0.0694. The number of halogens is 1. The molecule has 0 saturated heterocycles. The van der Waals surface area contributed by atoms with Crippen LogP contribution in [0.2, 0.25) is 0 Å². The molecule has 38 heavy (non-hydrogen) atoms. The fourth-order valence-corrected chi connectivity index (χ4v) is 5.86. The van der Waals surface area contributed by atoms with E-state index in [0.29, 0.717) is 18.7 Å². The van der Waals surface area contributed by atoms with E-state index in [1.54, 1.807) is 17.0 Å². The zero-order valence-electron chi connectivity index (χ0n) is 22.1. The Kier molecular flexibility index (Phi) is 10.4. The molecule has 3 aromatic rings. The Hall–Kier alpha value is -3.12. The van der Waals surface area contributed by atoms with Crippen LogP contribution < -0.4 is 5.32 Å². The summed E-state index contributed by atoms with van der Waals surface area (Å²) in [6, 6.07) is 23.9. The lowest BCUT2D eigenvalue weighted by molar-refractivity contribution is -0.139. The second kappa shape index (κ2) is 14.1. The van der Waals surface area contributed by atoms with Gasteiger partial charge in [0.25, 0.3) is 0 Å². The van der Waals surface area contributed by atoms with Crippen molar-refractivity contribution in [2.75, 3.05) is 5.75 Å². The van der Waals surface area contributed by atoms with Gasteiger partial charge in [-0.25, -0.2) is 4.39 Å². The van der Waals surface area contributed by atoms with Gasteiger partial charge in [0, 0.05) is 24.8 Å². The van der Waals surface area contributed by atoms with Crippen molar-refractivity contribution in [2.45, 2.75) is 69.8 Å². The molecule has 1 saturated carbocycles. The quantitative estimate of drug-likeness (QED) is 0.309. The van der Waals surface area contributed by atoms with E-state index in [1.165, 1.54) is 30.3 Å². The minimum atomic E-state index is -0.613. The lowest BCUT2D eigenvalue weighted by Crippen LogP contribution is -2.53. The van der Waals surface area contributed by atoms with Crippen LogP contribution in [0.5, 0.6) is 0 Å². The van der Waals surface area contributed by atoms with Crippen LogP contribution in [-0.4, -0.2) is 34.6 Å². The molecule has 1 unspecified atom stereocenters. The van der Waals surface area contributed by atoms with Crippen LogP contribution >= 0.6 is 11.8 Å². The number of thioether (sulfide) groups is 1. The summed E-state index contributed by atoms with van der Waals surface area (Å²) in [5.41, 5.74) is 4.12. The van der Waals surface area contributed by atoms with Crippen LogP contribution in [0.15, 0.2) is 78.9 Å². The van der Waals surface area contributed by atoms with Gasteiger partial charge >= 0.3 is 0 Å². The van der Waals surface area contributed by atoms with Gasteiger partial charge in [-0.05, 0) is 54.2 Å². The largest absolute Gasteiger partial charge is 0.352 e. The van der Waals surface area contributed by atoms with E-state index in [1.807, 2.05) is 61.5 Å². The van der Waals surface area contributed by atoms with Crippen molar-refractivity contribution in [2.24, 2.45) is 0 Å². The molecular formula is C32H37FN2O2S. The SMILES string of the molecule is Cc1ccccc1CN(C(=O)CSCc1ccc(F)cc1)C(Cc1ccccc1)C(=O)NC1CCCCC1. The van der Waals surface area contributed by atoms with Gasteiger partial charge in [0.15, 0.2) is 0 Å². The monoisotopic (exact) mass is 532 g/mol. The number of carbonyl (C=O) groups excluding carboxylic acids is 2. The highest BCUT2D eigenvalue weighted by Crippen LogP contribution is 2.22. The molecule has 6 heteroatoms. The highest BCUT2D eigenvalue weighted by molar-refractivity contribution is 7.99. The molecule has 0 heterocycles. The molecule has 0 aliphatic heterocycles. The predicted molar refractivity (Wildman–Crippen MR) is 153 cm³/mol. The van der Waals surface area contributed by atoms with Gasteiger partial charge in [-0.3, -0.25) is 9.59 Å². The van der Waals surface area contributed by atoms with Gasteiger partial charge in [-0.2, -0.15) is 0 Å². The lowest BCUT2D eigenvalue weighted by Gasteiger charge is -2.34. The van der Waals surface area contributed by atoms with Gasteiger partial charge in [-0.15, -0.1) is 11.8 Å². The fraction of sp³-hybridized carbons (Fsp3) is 0.375. The van der Waals surface area contributed by atoms with E-state index in [2.05, 4.69) is 5.32 Å². The Bertz CT molecular complexity index is 1180. The number of carbonyl (C=O) groups is 2. The van der Waals surface area contributed by atoms with Gasteiger partial charge in [-0.1, -0.05) is 86.0 Å². The van der Waals surface area contributed by atoms with E-state index in [9.17, 15) is 14.0 Å². The summed E-state index contributed by atoms with van der Waals surface area (Å²) in [4.78, 5) is 29.4. The number of hydrogen-bond acceptors (Lipinski definition) is 3. The molecule has 1 N–H and O–H groups in total. The number of rotatable bonds is 11. The van der Waals surface area contributed by atoms with Crippen LogP contribution in [-0.2, 0) is 28.3 Å². The summed E-state index contributed by atoms with van der Waals surface area (Å²) >= 11 is 1.49. The van der Waals surface area contributed by atoms with Crippen molar-refractivity contribution in [3.63, 3.8) is 0 Å². The van der Waals surface area contributed by atoms with Crippen LogP contribution in [0.25, 0.3) is 0 Å². The Morgan fingerprint density at radius 1 is 0.921 bits per heavy atom. The fourth-order valence-electron chi connectivity index (χ4n) is 4.99. The average Bonchev–Trinajstić information content (AvgIpc) is 2.93. The Morgan fingerprint density at radius 3 is 2.32 bits per heavy atom. The molecule has 3 aromatic carbocycles. The van der Waals surface area contributed by atoms with Gasteiger partial charge < -0.3 is 10.2 Å². The molecule has 0 radical (unpaired) electrons. The third-order valence-electron chi connectivity index (χ3n) is 7.23. The summed E-state index contributed by atoms with van der Waals surface area (Å²) in [5.74, 6) is 0.422. The predicted octanol–water partition coefficient (Wildman–Crippen LogP) is 6.46. The summed E-state index contributed by atoms with van der Waals surface area (Å²) in [7, 11) is 0. The average molecular weight is 533 g/mol. The summed E-state index contributed by atoms with van der Waals surface area (Å²) in [5, 5.41) is 3.29. The molecular weight excluding hydrogens is 495 g/mol. The van der Waals surface area contributed by atoms with E-state index < -0.39 is 6.04 Å². The van der Waals surface area contributed by atoms with Gasteiger partial charge in [0.05, 0.1) is 5.75 Å². The van der Waals surface area contributed by atoms with Crippen LogP contribution in [0.3, 0.4) is 0 Å². The van der Waals surface area contributed by atoms with Crippen molar-refractivity contribution in [1.29, 1.82) is 0 Å². The first kappa shape index (κ1) is 27.9. The maximum atomic E-state index is 13.8. The third-order valence-corrected chi connectivity index (χ3v) is 8.22. The maximum absolute atomic E-state index is 13.8. The number of hydrogen-bond donors (Lipinski definition) is 1. The molecule has 1 aliphatic rings. The van der Waals surface area contributed by atoms with Crippen molar-refractivity contribution in [3.05, 3.63) is 107 Å². The molecule has 200 valence electrons. The first-order valence-corrected chi connectivity index (χ1v) is 14.7. The molecule has 1 fully saturated rings. The van der Waals surface area contributed by atoms with Crippen molar-refractivity contribution < 1.29 is 14.0 Å². The van der Waals surface area contributed by atoms with Crippen LogP contribution in [0, 0.1) is 12.7 Å². The number of nitrogens with one attached hydrogen (secondary N) is 1. The highest BCUT2D eigenvalue weighted by Gasteiger charge is 2.32. The second-order valence-corrected chi connectivity index (χ2v) is 11.1. The molecule has 2 amide bonds. The molecule has 0 aromatic heterocycles. The highest BCUT2D eigenvalue weighted by atomic mass is 32.2. The van der Waals surface area contributed by atoms with Crippen LogP contribution in [0.1, 0.15) is 54.4 Å². The van der Waals surface area contributed by atoms with E-state index in [4.69, 9.17) is 0 Å². The smallest absolute Gasteiger partial charge is 0.243 e. The topological polar surface area (TPSA) is 49.4 Å². The normalized spacial score (nSPS) is 14.6. The number of benzene rings is 3. The Morgan fingerprint density at radius 2 is 1.61 bits per heavy atom. The molecule has 0 spiro atoms. The number of amides is 2. The zero-order valence-corrected chi connectivity index (χ0v) is 22.9. The molecule has 1 atom stereocenters. The first-order chi connectivity index (χ1) is 18.5. The lowest BCUT2D eigenvalue weighted by atomic mass is 9.94. The maximum Gasteiger partial charge on any atom is 0.243 e. The molecule has 4 nitrogen and oxygen atoms in total. The Balaban J connectivity index is 1.56. The van der Waals surface area contributed by atoms with Crippen molar-refractivity contribution in [1.82, 2.24) is 10.2 Å². The van der Waals surface area contributed by atoms with Crippen molar-refractivity contribution in [3.8, 4) is 0 Å². The second-order valence-electron chi connectivity index (χ2n) is 10.1. The van der Waals surface area contributed by atoms with E-state index in [0.717, 1.165) is 47.9 Å². The van der Waals surface area contributed by atoms with Gasteiger partial charge in [0.2, 0.25) is 11.8 Å².